The van der Waals surface area contributed by atoms with E-state index < -0.39 is 0 Å². The van der Waals surface area contributed by atoms with Gasteiger partial charge in [-0.15, -0.1) is 0 Å². The number of likely N-dealkylation sites (N-methyl/N-ethyl adjacent to an activating group) is 1. The monoisotopic (exact) mass is 267 g/mol. The summed E-state index contributed by atoms with van der Waals surface area (Å²) in [6, 6.07) is 0.583. The number of carbonyl (C=O) groups excluding carboxylic acids is 1. The van der Waals surface area contributed by atoms with Crippen LogP contribution in [0.3, 0.4) is 0 Å². The van der Waals surface area contributed by atoms with E-state index in [9.17, 15) is 4.79 Å². The predicted molar refractivity (Wildman–Crippen MR) is 78.2 cm³/mol. The van der Waals surface area contributed by atoms with Crippen molar-refractivity contribution in [2.24, 2.45) is 0 Å². The molecular weight excluding hydrogens is 238 g/mol. The molecule has 2 aliphatic heterocycles. The van der Waals surface area contributed by atoms with Crippen LogP contribution in [0.4, 0.5) is 0 Å². The first-order chi connectivity index (χ1) is 9.20. The lowest BCUT2D eigenvalue weighted by Gasteiger charge is -2.36. The molecule has 2 fully saturated rings. The normalized spacial score (nSPS) is 27.1. The second kappa shape index (κ2) is 7.25. The highest BCUT2D eigenvalue weighted by Crippen LogP contribution is 2.17. The zero-order valence-electron chi connectivity index (χ0n) is 12.5. The molecule has 0 aromatic carbocycles. The number of amides is 1. The molecule has 2 aliphatic rings. The molecule has 0 bridgehead atoms. The van der Waals surface area contributed by atoms with Crippen LogP contribution in [0.25, 0.3) is 0 Å². The molecule has 0 saturated carbocycles. The fourth-order valence-corrected chi connectivity index (χ4v) is 3.28. The van der Waals surface area contributed by atoms with Crippen molar-refractivity contribution in [3.8, 4) is 0 Å². The lowest BCUT2D eigenvalue weighted by atomic mass is 10.0. The molecule has 110 valence electrons. The van der Waals surface area contributed by atoms with Crippen molar-refractivity contribution >= 4 is 5.91 Å². The van der Waals surface area contributed by atoms with E-state index in [4.69, 9.17) is 0 Å². The molecule has 1 N–H and O–H groups in total. The van der Waals surface area contributed by atoms with Crippen molar-refractivity contribution in [1.82, 2.24) is 15.1 Å². The second-order valence-corrected chi connectivity index (χ2v) is 6.06. The summed E-state index contributed by atoms with van der Waals surface area (Å²) >= 11 is 0. The zero-order valence-corrected chi connectivity index (χ0v) is 12.5. The topological polar surface area (TPSA) is 35.6 Å². The Morgan fingerprint density at radius 2 is 1.89 bits per heavy atom. The molecule has 0 spiro atoms. The highest BCUT2D eigenvalue weighted by atomic mass is 16.2. The molecule has 2 saturated heterocycles. The minimum Gasteiger partial charge on any atom is -0.341 e. The molecule has 2 heterocycles. The average Bonchev–Trinajstić information content (AvgIpc) is 2.75. The average molecular weight is 267 g/mol. The summed E-state index contributed by atoms with van der Waals surface area (Å²) in [5, 5.41) is 3.44. The van der Waals surface area contributed by atoms with Crippen LogP contribution in [-0.2, 0) is 4.79 Å². The van der Waals surface area contributed by atoms with Gasteiger partial charge in [-0.3, -0.25) is 9.69 Å². The molecule has 1 amide bonds. The van der Waals surface area contributed by atoms with Crippen LogP contribution in [0, 0.1) is 0 Å². The Morgan fingerprint density at radius 3 is 2.63 bits per heavy atom. The zero-order chi connectivity index (χ0) is 13.7. The standard InChI is InChI=1S/C15H29N3O/c1-13(15(19)18-11-4-3-5-12-18)17(2)14-7-6-9-16-10-8-14/h13-14,16H,3-12H2,1-2H3. The van der Waals surface area contributed by atoms with Crippen LogP contribution in [-0.4, -0.2) is 61.0 Å². The van der Waals surface area contributed by atoms with Crippen LogP contribution in [0.1, 0.15) is 45.4 Å². The van der Waals surface area contributed by atoms with E-state index in [0.717, 1.165) is 32.6 Å². The van der Waals surface area contributed by atoms with Gasteiger partial charge in [0.05, 0.1) is 6.04 Å². The van der Waals surface area contributed by atoms with Crippen molar-refractivity contribution in [3.05, 3.63) is 0 Å². The molecule has 2 atom stereocenters. The molecule has 4 nitrogen and oxygen atoms in total. The number of hydrogen-bond donors (Lipinski definition) is 1. The van der Waals surface area contributed by atoms with Crippen molar-refractivity contribution in [1.29, 1.82) is 0 Å². The molecule has 0 aromatic heterocycles. The van der Waals surface area contributed by atoms with Gasteiger partial charge in [0.1, 0.15) is 0 Å². The maximum atomic E-state index is 12.5. The summed E-state index contributed by atoms with van der Waals surface area (Å²) in [5.74, 6) is 0.333. The number of nitrogens with zero attached hydrogens (tertiary/aromatic N) is 2. The highest BCUT2D eigenvalue weighted by Gasteiger charge is 2.29. The van der Waals surface area contributed by atoms with E-state index >= 15 is 0 Å². The van der Waals surface area contributed by atoms with Gasteiger partial charge >= 0.3 is 0 Å². The van der Waals surface area contributed by atoms with Gasteiger partial charge in [-0.1, -0.05) is 0 Å². The molecular formula is C15H29N3O. The second-order valence-electron chi connectivity index (χ2n) is 6.06. The number of rotatable bonds is 3. The summed E-state index contributed by atoms with van der Waals surface area (Å²) in [6.07, 6.45) is 7.22. The smallest absolute Gasteiger partial charge is 0.239 e. The van der Waals surface area contributed by atoms with Gasteiger partial charge in [0.15, 0.2) is 0 Å². The predicted octanol–water partition coefficient (Wildman–Crippen LogP) is 1.46. The fraction of sp³-hybridized carbons (Fsp3) is 0.933. The van der Waals surface area contributed by atoms with E-state index in [1.165, 1.54) is 32.1 Å². The largest absolute Gasteiger partial charge is 0.341 e. The van der Waals surface area contributed by atoms with E-state index in [2.05, 4.69) is 29.1 Å². The third-order valence-electron chi connectivity index (χ3n) is 4.76. The van der Waals surface area contributed by atoms with Crippen molar-refractivity contribution in [2.45, 2.75) is 57.5 Å². The number of nitrogens with one attached hydrogen (secondary N) is 1. The van der Waals surface area contributed by atoms with Crippen LogP contribution >= 0.6 is 0 Å². The van der Waals surface area contributed by atoms with Crippen molar-refractivity contribution in [2.75, 3.05) is 33.2 Å². The molecule has 19 heavy (non-hydrogen) atoms. The van der Waals surface area contributed by atoms with Gasteiger partial charge in [0.25, 0.3) is 0 Å². The van der Waals surface area contributed by atoms with Gasteiger partial charge in [-0.05, 0) is 65.6 Å². The minimum absolute atomic E-state index is 0.0289. The highest BCUT2D eigenvalue weighted by molar-refractivity contribution is 5.81. The maximum Gasteiger partial charge on any atom is 0.239 e. The molecule has 0 radical (unpaired) electrons. The Bertz CT molecular complexity index is 281. The van der Waals surface area contributed by atoms with Crippen LogP contribution in [0.5, 0.6) is 0 Å². The number of hydrogen-bond acceptors (Lipinski definition) is 3. The van der Waals surface area contributed by atoms with Crippen LogP contribution < -0.4 is 5.32 Å². The lowest BCUT2D eigenvalue weighted by molar-refractivity contribution is -0.137. The van der Waals surface area contributed by atoms with E-state index in [0.29, 0.717) is 11.9 Å². The summed E-state index contributed by atoms with van der Waals surface area (Å²) in [4.78, 5) is 16.9. The summed E-state index contributed by atoms with van der Waals surface area (Å²) < 4.78 is 0. The third-order valence-corrected chi connectivity index (χ3v) is 4.76. The minimum atomic E-state index is 0.0289. The first-order valence-corrected chi connectivity index (χ1v) is 7.91. The SMILES string of the molecule is CC(C(=O)N1CCCCC1)N(C)C1CCCNCC1. The van der Waals surface area contributed by atoms with E-state index in [-0.39, 0.29) is 6.04 Å². The summed E-state index contributed by atoms with van der Waals surface area (Å²) in [5.41, 5.74) is 0. The molecule has 0 aliphatic carbocycles. The first kappa shape index (κ1) is 14.8. The maximum absolute atomic E-state index is 12.5. The van der Waals surface area contributed by atoms with Gasteiger partial charge in [0, 0.05) is 19.1 Å². The molecule has 2 rings (SSSR count). The molecule has 4 heteroatoms. The number of likely N-dealkylation sites (tertiary alicyclic amines) is 1. The summed E-state index contributed by atoms with van der Waals surface area (Å²) in [7, 11) is 2.13. The quantitative estimate of drug-likeness (QED) is 0.841. The van der Waals surface area contributed by atoms with Gasteiger partial charge in [-0.25, -0.2) is 0 Å². The van der Waals surface area contributed by atoms with Crippen molar-refractivity contribution in [3.63, 3.8) is 0 Å². The van der Waals surface area contributed by atoms with Crippen LogP contribution in [0.2, 0.25) is 0 Å². The van der Waals surface area contributed by atoms with Crippen LogP contribution in [0.15, 0.2) is 0 Å². The van der Waals surface area contributed by atoms with Gasteiger partial charge in [-0.2, -0.15) is 0 Å². The Morgan fingerprint density at radius 1 is 1.16 bits per heavy atom. The Balaban J connectivity index is 1.89. The van der Waals surface area contributed by atoms with E-state index in [1.54, 1.807) is 0 Å². The number of carbonyl (C=O) groups is 1. The van der Waals surface area contributed by atoms with Gasteiger partial charge < -0.3 is 10.2 Å². The van der Waals surface area contributed by atoms with Gasteiger partial charge in [0.2, 0.25) is 5.91 Å². The summed E-state index contributed by atoms with van der Waals surface area (Å²) in [6.45, 7) is 6.21. The lowest BCUT2D eigenvalue weighted by Crippen LogP contribution is -2.50. The Labute approximate surface area is 117 Å². The third kappa shape index (κ3) is 3.93. The molecule has 2 unspecified atom stereocenters. The Hall–Kier alpha value is -0.610. The van der Waals surface area contributed by atoms with E-state index in [1.807, 2.05) is 0 Å². The number of piperidine rings is 1. The van der Waals surface area contributed by atoms with Crippen molar-refractivity contribution < 1.29 is 4.79 Å². The first-order valence-electron chi connectivity index (χ1n) is 7.91. The molecule has 0 aromatic rings. The Kier molecular flexibility index (Phi) is 5.64. The fourth-order valence-electron chi connectivity index (χ4n) is 3.28.